The van der Waals surface area contributed by atoms with Crippen LogP contribution in [0.5, 0.6) is 0 Å². The van der Waals surface area contributed by atoms with Crippen LogP contribution < -0.4 is 10.6 Å². The molecule has 3 unspecified atom stereocenters. The second-order valence-corrected chi connectivity index (χ2v) is 9.47. The molecular weight excluding hydrogens is 430 g/mol. The van der Waals surface area contributed by atoms with Crippen LogP contribution in [0.4, 0.5) is 0 Å². The van der Waals surface area contributed by atoms with Crippen LogP contribution in [0.2, 0.25) is 0 Å². The van der Waals surface area contributed by atoms with Crippen LogP contribution in [0.3, 0.4) is 0 Å². The standard InChI is InChI=1S/C26H29N5O3/c32-23-19-8-4-5-9-20(19)28-26(29-23)31-14-12-30(13-15-31)25(33)18-10-11-21-22(16-18)34-24(27-21)17-6-2-1-3-7-17/h1-3,6-7,10-11,16,19-20,26,28H,4-5,8-9,12-15H2,(H,29,32). The first kappa shape index (κ1) is 21.3. The SMILES string of the molecule is O=C1NC(N2CCN(C(=O)c3ccc4nc(-c5ccccc5)oc4c3)CC2)NC2CCCCC12. The summed E-state index contributed by atoms with van der Waals surface area (Å²) in [4.78, 5) is 34.4. The minimum Gasteiger partial charge on any atom is -0.436 e. The summed E-state index contributed by atoms with van der Waals surface area (Å²) in [5, 5.41) is 6.79. The van der Waals surface area contributed by atoms with Crippen molar-refractivity contribution in [1.82, 2.24) is 25.4 Å². The van der Waals surface area contributed by atoms with Crippen LogP contribution in [-0.4, -0.2) is 65.1 Å². The predicted octanol–water partition coefficient (Wildman–Crippen LogP) is 2.81. The van der Waals surface area contributed by atoms with Gasteiger partial charge in [-0.05, 0) is 43.2 Å². The van der Waals surface area contributed by atoms with E-state index in [9.17, 15) is 9.59 Å². The van der Waals surface area contributed by atoms with Gasteiger partial charge in [0, 0.05) is 43.3 Å². The van der Waals surface area contributed by atoms with Crippen molar-refractivity contribution >= 4 is 22.9 Å². The summed E-state index contributed by atoms with van der Waals surface area (Å²) in [7, 11) is 0. The van der Waals surface area contributed by atoms with Crippen molar-refractivity contribution in [2.45, 2.75) is 38.0 Å². The van der Waals surface area contributed by atoms with Crippen LogP contribution in [-0.2, 0) is 4.79 Å². The molecule has 2 amide bonds. The van der Waals surface area contributed by atoms with E-state index in [2.05, 4.69) is 20.5 Å². The number of rotatable bonds is 3. The van der Waals surface area contributed by atoms with Crippen molar-refractivity contribution in [2.75, 3.05) is 26.2 Å². The minimum absolute atomic E-state index is 0.00723. The number of nitrogens with zero attached hydrogens (tertiary/aromatic N) is 3. The van der Waals surface area contributed by atoms with Gasteiger partial charge in [0.05, 0.1) is 5.92 Å². The Kier molecular flexibility index (Phi) is 5.55. The van der Waals surface area contributed by atoms with E-state index < -0.39 is 0 Å². The molecule has 176 valence electrons. The third-order valence-corrected chi connectivity index (χ3v) is 7.38. The number of piperazine rings is 1. The summed E-state index contributed by atoms with van der Waals surface area (Å²) >= 11 is 0. The number of nitrogens with one attached hydrogen (secondary N) is 2. The third-order valence-electron chi connectivity index (χ3n) is 7.38. The lowest BCUT2D eigenvalue weighted by atomic mass is 9.82. The van der Waals surface area contributed by atoms with Crippen molar-refractivity contribution in [3.63, 3.8) is 0 Å². The van der Waals surface area contributed by atoms with Crippen molar-refractivity contribution in [1.29, 1.82) is 0 Å². The molecule has 1 saturated carbocycles. The van der Waals surface area contributed by atoms with Gasteiger partial charge in [-0.25, -0.2) is 4.98 Å². The van der Waals surface area contributed by atoms with Gasteiger partial charge in [-0.3, -0.25) is 19.8 Å². The molecule has 0 radical (unpaired) electrons. The molecule has 2 aliphatic heterocycles. The summed E-state index contributed by atoms with van der Waals surface area (Å²) in [6.45, 7) is 2.66. The fourth-order valence-electron chi connectivity index (χ4n) is 5.45. The lowest BCUT2D eigenvalue weighted by molar-refractivity contribution is -0.134. The second kappa shape index (κ2) is 8.85. The first-order valence-corrected chi connectivity index (χ1v) is 12.2. The highest BCUT2D eigenvalue weighted by atomic mass is 16.3. The number of carbonyl (C=O) groups is 2. The minimum atomic E-state index is -0.147. The fraction of sp³-hybridized carbons (Fsp3) is 0.423. The third kappa shape index (κ3) is 3.97. The molecule has 6 rings (SSSR count). The highest BCUT2D eigenvalue weighted by Crippen LogP contribution is 2.28. The summed E-state index contributed by atoms with van der Waals surface area (Å²) < 4.78 is 5.94. The van der Waals surface area contributed by atoms with Crippen LogP contribution in [0.15, 0.2) is 52.9 Å². The first-order valence-electron chi connectivity index (χ1n) is 12.2. The lowest BCUT2D eigenvalue weighted by Crippen LogP contribution is -2.69. The normalized spacial score (nSPS) is 25.7. The van der Waals surface area contributed by atoms with Crippen LogP contribution in [0, 0.1) is 5.92 Å². The number of aromatic nitrogens is 1. The lowest BCUT2D eigenvalue weighted by Gasteiger charge is -2.46. The van der Waals surface area contributed by atoms with Gasteiger partial charge in [-0.1, -0.05) is 31.0 Å². The molecule has 3 atom stereocenters. The van der Waals surface area contributed by atoms with Gasteiger partial charge in [-0.2, -0.15) is 0 Å². The quantitative estimate of drug-likeness (QED) is 0.626. The Bertz CT molecular complexity index is 1200. The van der Waals surface area contributed by atoms with Crippen LogP contribution in [0.1, 0.15) is 36.0 Å². The molecule has 2 N–H and O–H groups in total. The Morgan fingerprint density at radius 1 is 1.00 bits per heavy atom. The summed E-state index contributed by atoms with van der Waals surface area (Å²) in [6.07, 6.45) is 4.20. The van der Waals surface area contributed by atoms with E-state index in [1.54, 1.807) is 6.07 Å². The maximum atomic E-state index is 13.2. The summed E-state index contributed by atoms with van der Waals surface area (Å²) in [5.74, 6) is 0.812. The Labute approximate surface area is 198 Å². The molecule has 2 saturated heterocycles. The molecule has 2 aromatic carbocycles. The van der Waals surface area contributed by atoms with Gasteiger partial charge in [0.25, 0.3) is 5.91 Å². The fourth-order valence-corrected chi connectivity index (χ4v) is 5.45. The molecule has 8 nitrogen and oxygen atoms in total. The number of hydrogen-bond donors (Lipinski definition) is 2. The van der Waals surface area contributed by atoms with Gasteiger partial charge in [-0.15, -0.1) is 0 Å². The van der Waals surface area contributed by atoms with Gasteiger partial charge in [0.1, 0.15) is 11.8 Å². The number of carbonyl (C=O) groups excluding carboxylic acids is 2. The Morgan fingerprint density at radius 2 is 1.79 bits per heavy atom. The Balaban J connectivity index is 1.11. The second-order valence-electron chi connectivity index (χ2n) is 9.47. The zero-order valence-electron chi connectivity index (χ0n) is 19.1. The van der Waals surface area contributed by atoms with Crippen molar-refractivity contribution in [2.24, 2.45) is 5.92 Å². The molecular formula is C26H29N5O3. The van der Waals surface area contributed by atoms with E-state index in [0.717, 1.165) is 30.3 Å². The molecule has 0 bridgehead atoms. The van der Waals surface area contributed by atoms with Gasteiger partial charge in [0.15, 0.2) is 5.58 Å². The zero-order chi connectivity index (χ0) is 23.1. The highest BCUT2D eigenvalue weighted by Gasteiger charge is 2.40. The number of oxazole rings is 1. The van der Waals surface area contributed by atoms with Gasteiger partial charge < -0.3 is 14.6 Å². The average Bonchev–Trinajstić information content (AvgIpc) is 3.32. The smallest absolute Gasteiger partial charge is 0.254 e. The van der Waals surface area contributed by atoms with Crippen molar-refractivity contribution in [3.8, 4) is 11.5 Å². The summed E-state index contributed by atoms with van der Waals surface area (Å²) in [5.41, 5.74) is 2.86. The average molecular weight is 460 g/mol. The van der Waals surface area contributed by atoms with Gasteiger partial charge >= 0.3 is 0 Å². The van der Waals surface area contributed by atoms with Crippen molar-refractivity contribution < 1.29 is 14.0 Å². The van der Waals surface area contributed by atoms with E-state index in [4.69, 9.17) is 4.42 Å². The van der Waals surface area contributed by atoms with E-state index >= 15 is 0 Å². The molecule has 1 aromatic heterocycles. The largest absolute Gasteiger partial charge is 0.436 e. The van der Waals surface area contributed by atoms with E-state index in [-0.39, 0.29) is 30.1 Å². The van der Waals surface area contributed by atoms with E-state index in [1.165, 1.54) is 6.42 Å². The maximum Gasteiger partial charge on any atom is 0.254 e. The number of fused-ring (bicyclic) bond motifs is 2. The van der Waals surface area contributed by atoms with Gasteiger partial charge in [0.2, 0.25) is 11.8 Å². The van der Waals surface area contributed by atoms with E-state index in [0.29, 0.717) is 43.2 Å². The van der Waals surface area contributed by atoms with Crippen LogP contribution >= 0.6 is 0 Å². The molecule has 3 fully saturated rings. The van der Waals surface area contributed by atoms with Crippen LogP contribution in [0.25, 0.3) is 22.6 Å². The monoisotopic (exact) mass is 459 g/mol. The highest BCUT2D eigenvalue weighted by molar-refractivity contribution is 5.97. The maximum absolute atomic E-state index is 13.2. The van der Waals surface area contributed by atoms with E-state index in [1.807, 2.05) is 47.4 Å². The summed E-state index contributed by atoms with van der Waals surface area (Å²) in [6, 6.07) is 15.5. The molecule has 34 heavy (non-hydrogen) atoms. The molecule has 8 heteroatoms. The number of amides is 2. The Hall–Kier alpha value is -3.23. The molecule has 3 heterocycles. The molecule has 3 aromatic rings. The Morgan fingerprint density at radius 3 is 2.62 bits per heavy atom. The molecule has 0 spiro atoms. The molecule has 3 aliphatic rings. The predicted molar refractivity (Wildman–Crippen MR) is 128 cm³/mol. The first-order chi connectivity index (χ1) is 16.7. The number of benzene rings is 2. The molecule has 1 aliphatic carbocycles. The topological polar surface area (TPSA) is 90.7 Å². The zero-order valence-corrected chi connectivity index (χ0v) is 19.1. The number of hydrogen-bond acceptors (Lipinski definition) is 6. The van der Waals surface area contributed by atoms with Crippen molar-refractivity contribution in [3.05, 3.63) is 54.1 Å².